The molecule has 1 aliphatic heterocycles. The van der Waals surface area contributed by atoms with Crippen molar-refractivity contribution < 1.29 is 13.6 Å². The first kappa shape index (κ1) is 13.8. The van der Waals surface area contributed by atoms with Gasteiger partial charge in [-0.25, -0.2) is 9.37 Å². The van der Waals surface area contributed by atoms with E-state index in [1.165, 1.54) is 12.1 Å². The summed E-state index contributed by atoms with van der Waals surface area (Å²) in [4.78, 5) is 17.3. The molecule has 21 heavy (non-hydrogen) atoms. The number of nitrogens with zero attached hydrogens (tertiary/aromatic N) is 2. The van der Waals surface area contributed by atoms with Crippen LogP contribution in [0, 0.1) is 5.82 Å². The summed E-state index contributed by atoms with van der Waals surface area (Å²) < 4.78 is 18.5. The number of likely N-dealkylation sites (tertiary alicyclic amines) is 1. The van der Waals surface area contributed by atoms with Crippen LogP contribution in [0.5, 0.6) is 0 Å². The lowest BCUT2D eigenvalue weighted by Gasteiger charge is -2.33. The second kappa shape index (κ2) is 5.68. The molecule has 1 aromatic heterocycles. The number of rotatable bonds is 3. The molecule has 4 nitrogen and oxygen atoms in total. The third-order valence-electron chi connectivity index (χ3n) is 4.08. The Balaban J connectivity index is 1.78. The molecule has 1 aromatic carbocycles. The number of oxazole rings is 1. The number of hydrogen-bond donors (Lipinski definition) is 0. The van der Waals surface area contributed by atoms with Crippen LogP contribution in [0.3, 0.4) is 0 Å². The minimum atomic E-state index is -0.273. The van der Waals surface area contributed by atoms with Gasteiger partial charge in [0, 0.05) is 18.2 Å². The second-order valence-electron chi connectivity index (χ2n) is 5.50. The largest absolute Gasteiger partial charge is 0.448 e. The van der Waals surface area contributed by atoms with Crippen molar-refractivity contribution >= 4 is 6.41 Å². The number of carbonyl (C=O) groups excluding carboxylic acids is 1. The van der Waals surface area contributed by atoms with E-state index in [4.69, 9.17) is 4.42 Å². The fraction of sp³-hybridized carbons (Fsp3) is 0.375. The lowest BCUT2D eigenvalue weighted by molar-refractivity contribution is -0.121. The van der Waals surface area contributed by atoms with Gasteiger partial charge in [0.05, 0.1) is 5.92 Å². The van der Waals surface area contributed by atoms with Gasteiger partial charge in [-0.15, -0.1) is 0 Å². The molecule has 1 aliphatic rings. The maximum atomic E-state index is 12.9. The van der Waals surface area contributed by atoms with E-state index < -0.39 is 0 Å². The molecule has 0 radical (unpaired) electrons. The molecule has 0 spiro atoms. The number of amides is 1. The number of aromatic nitrogens is 1. The Labute approximate surface area is 122 Å². The van der Waals surface area contributed by atoms with Gasteiger partial charge in [-0.3, -0.25) is 4.79 Å². The predicted molar refractivity (Wildman–Crippen MR) is 76.1 cm³/mol. The highest BCUT2D eigenvalue weighted by atomic mass is 19.1. The summed E-state index contributed by atoms with van der Waals surface area (Å²) in [5.41, 5.74) is 1.52. The zero-order chi connectivity index (χ0) is 14.8. The third-order valence-corrected chi connectivity index (χ3v) is 4.08. The minimum absolute atomic E-state index is 0.126. The van der Waals surface area contributed by atoms with E-state index in [1.54, 1.807) is 23.3 Å². The molecule has 0 saturated carbocycles. The molecule has 2 atom stereocenters. The molecule has 0 aliphatic carbocycles. The summed E-state index contributed by atoms with van der Waals surface area (Å²) in [6.45, 7) is 2.68. The predicted octanol–water partition coefficient (Wildman–Crippen LogP) is 3.21. The first-order valence-corrected chi connectivity index (χ1v) is 7.10. The normalized spacial score (nSPS) is 22.3. The lowest BCUT2D eigenvalue weighted by atomic mass is 9.94. The van der Waals surface area contributed by atoms with Crippen LogP contribution < -0.4 is 0 Å². The summed E-state index contributed by atoms with van der Waals surface area (Å²) in [5.74, 6) is 0.499. The van der Waals surface area contributed by atoms with Crippen molar-refractivity contribution in [3.05, 3.63) is 42.2 Å². The van der Waals surface area contributed by atoms with E-state index in [-0.39, 0.29) is 17.8 Å². The Hall–Kier alpha value is -2.17. The summed E-state index contributed by atoms with van der Waals surface area (Å²) in [7, 11) is 0. The van der Waals surface area contributed by atoms with Crippen LogP contribution in [-0.4, -0.2) is 28.9 Å². The molecule has 0 unspecified atom stereocenters. The van der Waals surface area contributed by atoms with Crippen molar-refractivity contribution in [1.82, 2.24) is 9.88 Å². The molecule has 2 aromatic rings. The molecule has 5 heteroatoms. The lowest BCUT2D eigenvalue weighted by Crippen LogP contribution is -2.39. The first-order chi connectivity index (χ1) is 10.2. The summed E-state index contributed by atoms with van der Waals surface area (Å²) >= 11 is 0. The van der Waals surface area contributed by atoms with E-state index in [1.807, 2.05) is 6.92 Å². The van der Waals surface area contributed by atoms with Gasteiger partial charge in [0.25, 0.3) is 0 Å². The molecule has 1 fully saturated rings. The average molecular weight is 288 g/mol. The highest BCUT2D eigenvalue weighted by Crippen LogP contribution is 2.30. The van der Waals surface area contributed by atoms with Crippen molar-refractivity contribution in [3.63, 3.8) is 0 Å². The van der Waals surface area contributed by atoms with Crippen molar-refractivity contribution in [1.29, 1.82) is 0 Å². The number of piperidine rings is 1. The van der Waals surface area contributed by atoms with Crippen LogP contribution in [0.1, 0.15) is 31.6 Å². The molecular formula is C16H17FN2O2. The van der Waals surface area contributed by atoms with Gasteiger partial charge in [0.1, 0.15) is 17.8 Å². The van der Waals surface area contributed by atoms with Crippen molar-refractivity contribution in [3.8, 4) is 11.3 Å². The Bertz CT molecular complexity index is 623. The molecule has 3 rings (SSSR count). The number of halogens is 1. The highest BCUT2D eigenvalue weighted by molar-refractivity contribution is 5.57. The zero-order valence-corrected chi connectivity index (χ0v) is 11.8. The summed E-state index contributed by atoms with van der Waals surface area (Å²) in [6, 6.07) is 6.43. The van der Waals surface area contributed by atoms with Gasteiger partial charge in [-0.1, -0.05) is 0 Å². The van der Waals surface area contributed by atoms with Gasteiger partial charge in [-0.2, -0.15) is 0 Å². The Morgan fingerprint density at radius 3 is 2.81 bits per heavy atom. The highest BCUT2D eigenvalue weighted by Gasteiger charge is 2.28. The SMILES string of the molecule is C[C@@H]1CC[C@H](c2nc(-c3ccc(F)cc3)co2)CN1C=O. The van der Waals surface area contributed by atoms with Crippen LogP contribution in [0.15, 0.2) is 34.9 Å². The fourth-order valence-electron chi connectivity index (χ4n) is 2.71. The molecule has 110 valence electrons. The maximum Gasteiger partial charge on any atom is 0.209 e. The van der Waals surface area contributed by atoms with Crippen LogP contribution in [-0.2, 0) is 4.79 Å². The number of hydrogen-bond acceptors (Lipinski definition) is 3. The Kier molecular flexibility index (Phi) is 3.73. The van der Waals surface area contributed by atoms with E-state index in [9.17, 15) is 9.18 Å². The van der Waals surface area contributed by atoms with Gasteiger partial charge in [-0.05, 0) is 44.0 Å². The average Bonchev–Trinajstić information content (AvgIpc) is 2.98. The fourth-order valence-corrected chi connectivity index (χ4v) is 2.71. The van der Waals surface area contributed by atoms with Crippen LogP contribution in [0.4, 0.5) is 4.39 Å². The minimum Gasteiger partial charge on any atom is -0.448 e. The zero-order valence-electron chi connectivity index (χ0n) is 11.8. The Morgan fingerprint density at radius 2 is 2.10 bits per heavy atom. The summed E-state index contributed by atoms with van der Waals surface area (Å²) in [5, 5.41) is 0. The van der Waals surface area contributed by atoms with Crippen LogP contribution >= 0.6 is 0 Å². The monoisotopic (exact) mass is 288 g/mol. The van der Waals surface area contributed by atoms with Gasteiger partial charge >= 0.3 is 0 Å². The smallest absolute Gasteiger partial charge is 0.209 e. The number of carbonyl (C=O) groups is 1. The van der Waals surface area contributed by atoms with Crippen molar-refractivity contribution in [2.24, 2.45) is 0 Å². The molecule has 0 bridgehead atoms. The molecule has 1 saturated heterocycles. The van der Waals surface area contributed by atoms with Gasteiger partial charge in [0.15, 0.2) is 5.89 Å². The van der Waals surface area contributed by atoms with Crippen LogP contribution in [0.25, 0.3) is 11.3 Å². The Morgan fingerprint density at radius 1 is 1.33 bits per heavy atom. The van der Waals surface area contributed by atoms with Crippen LogP contribution in [0.2, 0.25) is 0 Å². The number of benzene rings is 1. The molecular weight excluding hydrogens is 271 g/mol. The van der Waals surface area contributed by atoms with E-state index in [0.717, 1.165) is 24.8 Å². The molecule has 2 heterocycles. The first-order valence-electron chi connectivity index (χ1n) is 7.10. The quantitative estimate of drug-likeness (QED) is 0.815. The van der Waals surface area contributed by atoms with Crippen molar-refractivity contribution in [2.75, 3.05) is 6.54 Å². The molecule has 0 N–H and O–H groups in total. The standard InChI is InChI=1S/C16H17FN2O2/c1-11-2-3-13(8-19(11)10-20)16-18-15(9-21-16)12-4-6-14(17)7-5-12/h4-7,9-11,13H,2-3,8H2,1H3/t11-,13+/m1/s1. The molecule has 1 amide bonds. The van der Waals surface area contributed by atoms with Crippen molar-refractivity contribution in [2.45, 2.75) is 31.7 Å². The van der Waals surface area contributed by atoms with E-state index in [0.29, 0.717) is 18.1 Å². The van der Waals surface area contributed by atoms with E-state index in [2.05, 4.69) is 4.98 Å². The summed E-state index contributed by atoms with van der Waals surface area (Å²) in [6.07, 6.45) is 4.37. The topological polar surface area (TPSA) is 46.3 Å². The van der Waals surface area contributed by atoms with E-state index >= 15 is 0 Å². The second-order valence-corrected chi connectivity index (χ2v) is 5.50. The van der Waals surface area contributed by atoms with Gasteiger partial charge in [0.2, 0.25) is 6.41 Å². The third kappa shape index (κ3) is 2.82. The van der Waals surface area contributed by atoms with Gasteiger partial charge < -0.3 is 9.32 Å². The maximum absolute atomic E-state index is 12.9.